The van der Waals surface area contributed by atoms with E-state index in [1.807, 2.05) is 24.4 Å². The van der Waals surface area contributed by atoms with Crippen LogP contribution in [0.15, 0.2) is 29.4 Å². The Morgan fingerprint density at radius 3 is 2.78 bits per heavy atom. The van der Waals surface area contributed by atoms with E-state index in [2.05, 4.69) is 27.5 Å². The van der Waals surface area contributed by atoms with Crippen LogP contribution in [0.3, 0.4) is 0 Å². The summed E-state index contributed by atoms with van der Waals surface area (Å²) in [5.74, 6) is 0.877. The van der Waals surface area contributed by atoms with Gasteiger partial charge in [-0.1, -0.05) is 18.9 Å². The van der Waals surface area contributed by atoms with Crippen LogP contribution in [0.4, 0.5) is 0 Å². The van der Waals surface area contributed by atoms with E-state index in [0.29, 0.717) is 12.0 Å². The summed E-state index contributed by atoms with van der Waals surface area (Å²) >= 11 is 0. The highest BCUT2D eigenvalue weighted by Gasteiger charge is 2.33. The zero-order valence-corrected chi connectivity index (χ0v) is 14.5. The molecule has 1 saturated carbocycles. The third-order valence-corrected chi connectivity index (χ3v) is 4.60. The van der Waals surface area contributed by atoms with E-state index in [4.69, 9.17) is 4.74 Å². The highest BCUT2D eigenvalue weighted by atomic mass is 16.5. The van der Waals surface area contributed by atoms with Gasteiger partial charge >= 0.3 is 0 Å². The molecular weight excluding hydrogens is 288 g/mol. The average molecular weight is 318 g/mol. The normalized spacial score (nSPS) is 17.2. The van der Waals surface area contributed by atoms with Gasteiger partial charge in [-0.15, -0.1) is 0 Å². The number of hydrogen-bond acceptors (Lipinski definition) is 3. The molecule has 0 unspecified atom stereocenters. The summed E-state index contributed by atoms with van der Waals surface area (Å²) in [4.78, 5) is 8.98. The Kier molecular flexibility index (Phi) is 7.33. The molecule has 0 atom stereocenters. The lowest BCUT2D eigenvalue weighted by Gasteiger charge is -2.30. The van der Waals surface area contributed by atoms with Gasteiger partial charge in [0.1, 0.15) is 0 Å². The molecule has 5 heteroatoms. The van der Waals surface area contributed by atoms with E-state index in [-0.39, 0.29) is 0 Å². The highest BCUT2D eigenvalue weighted by molar-refractivity contribution is 5.79. The van der Waals surface area contributed by atoms with Gasteiger partial charge in [-0.05, 0) is 43.7 Å². The number of pyridine rings is 1. The quantitative estimate of drug-likeness (QED) is 0.571. The van der Waals surface area contributed by atoms with Gasteiger partial charge in [0.2, 0.25) is 0 Å². The van der Waals surface area contributed by atoms with Crippen molar-refractivity contribution in [2.75, 3.05) is 26.8 Å². The maximum absolute atomic E-state index is 5.31. The molecule has 5 nitrogen and oxygen atoms in total. The molecule has 0 radical (unpaired) electrons. The third kappa shape index (κ3) is 5.82. The average Bonchev–Trinajstić information content (AvgIpc) is 3.06. The van der Waals surface area contributed by atoms with Crippen molar-refractivity contribution < 1.29 is 4.74 Å². The van der Waals surface area contributed by atoms with Crippen LogP contribution in [0.5, 0.6) is 0 Å². The van der Waals surface area contributed by atoms with E-state index in [9.17, 15) is 0 Å². The van der Waals surface area contributed by atoms with Crippen LogP contribution in [0.2, 0.25) is 0 Å². The molecule has 0 spiro atoms. The Morgan fingerprint density at radius 1 is 1.30 bits per heavy atom. The minimum atomic E-state index is 0.358. The minimum Gasteiger partial charge on any atom is -0.385 e. The number of methoxy groups -OCH3 is 1. The van der Waals surface area contributed by atoms with Crippen molar-refractivity contribution in [3.63, 3.8) is 0 Å². The van der Waals surface area contributed by atoms with E-state index in [1.54, 1.807) is 7.11 Å². The second-order valence-corrected chi connectivity index (χ2v) is 6.32. The molecule has 1 fully saturated rings. The first kappa shape index (κ1) is 17.7. The fourth-order valence-electron chi connectivity index (χ4n) is 3.22. The monoisotopic (exact) mass is 318 g/mol. The molecular formula is C18H30N4O. The third-order valence-electron chi connectivity index (χ3n) is 4.60. The summed E-state index contributed by atoms with van der Waals surface area (Å²) in [6, 6.07) is 5.93. The molecule has 128 valence electrons. The summed E-state index contributed by atoms with van der Waals surface area (Å²) in [6.45, 7) is 5.35. The number of nitrogens with one attached hydrogen (secondary N) is 2. The fourth-order valence-corrected chi connectivity index (χ4v) is 3.22. The first-order chi connectivity index (χ1) is 11.3. The van der Waals surface area contributed by atoms with Crippen molar-refractivity contribution in [3.05, 3.63) is 30.1 Å². The van der Waals surface area contributed by atoms with Gasteiger partial charge in [-0.2, -0.15) is 0 Å². The van der Waals surface area contributed by atoms with Crippen molar-refractivity contribution in [2.24, 2.45) is 10.4 Å². The van der Waals surface area contributed by atoms with Crippen molar-refractivity contribution in [1.29, 1.82) is 0 Å². The largest absolute Gasteiger partial charge is 0.385 e. The molecule has 1 aromatic heterocycles. The lowest BCUT2D eigenvalue weighted by Crippen LogP contribution is -2.43. The number of ether oxygens (including phenoxy) is 1. The lowest BCUT2D eigenvalue weighted by molar-refractivity contribution is 0.138. The van der Waals surface area contributed by atoms with Gasteiger partial charge in [-0.25, -0.2) is 4.99 Å². The fraction of sp³-hybridized carbons (Fsp3) is 0.667. The number of nitrogens with zero attached hydrogens (tertiary/aromatic N) is 2. The number of guanidine groups is 1. The first-order valence-electron chi connectivity index (χ1n) is 8.69. The van der Waals surface area contributed by atoms with Gasteiger partial charge in [0.05, 0.1) is 12.2 Å². The van der Waals surface area contributed by atoms with Gasteiger partial charge in [0, 0.05) is 33.0 Å². The number of hydrogen-bond donors (Lipinski definition) is 2. The second-order valence-electron chi connectivity index (χ2n) is 6.32. The van der Waals surface area contributed by atoms with Crippen LogP contribution in [-0.4, -0.2) is 37.7 Å². The molecule has 1 aliphatic rings. The van der Waals surface area contributed by atoms with E-state index < -0.39 is 0 Å². The van der Waals surface area contributed by atoms with Crippen molar-refractivity contribution >= 4 is 5.96 Å². The van der Waals surface area contributed by atoms with Crippen LogP contribution in [-0.2, 0) is 11.3 Å². The molecule has 1 heterocycles. The topological polar surface area (TPSA) is 58.5 Å². The molecule has 0 amide bonds. The Morgan fingerprint density at radius 2 is 2.13 bits per heavy atom. The van der Waals surface area contributed by atoms with Gasteiger partial charge < -0.3 is 15.4 Å². The minimum absolute atomic E-state index is 0.358. The van der Waals surface area contributed by atoms with Crippen LogP contribution in [0, 0.1) is 5.41 Å². The molecule has 0 aromatic carbocycles. The summed E-state index contributed by atoms with van der Waals surface area (Å²) in [6.07, 6.45) is 8.14. The summed E-state index contributed by atoms with van der Waals surface area (Å²) < 4.78 is 5.31. The highest BCUT2D eigenvalue weighted by Crippen LogP contribution is 2.40. The van der Waals surface area contributed by atoms with Crippen molar-refractivity contribution in [2.45, 2.75) is 45.6 Å². The Balaban J connectivity index is 1.92. The number of aliphatic imine (C=N–C) groups is 1. The molecule has 0 saturated heterocycles. The Bertz CT molecular complexity index is 469. The van der Waals surface area contributed by atoms with E-state index in [0.717, 1.165) is 37.8 Å². The maximum Gasteiger partial charge on any atom is 0.191 e. The smallest absolute Gasteiger partial charge is 0.191 e. The predicted molar refractivity (Wildman–Crippen MR) is 94.4 cm³/mol. The van der Waals surface area contributed by atoms with E-state index in [1.165, 1.54) is 25.7 Å². The Hall–Kier alpha value is -1.62. The van der Waals surface area contributed by atoms with Crippen LogP contribution in [0.25, 0.3) is 0 Å². The second kappa shape index (κ2) is 9.50. The van der Waals surface area contributed by atoms with Crippen LogP contribution >= 0.6 is 0 Å². The van der Waals surface area contributed by atoms with Crippen LogP contribution in [0.1, 0.15) is 44.7 Å². The SMILES string of the molecule is CCNC(=NCc1ccccn1)NCC1(CCOC)CCCC1. The summed E-state index contributed by atoms with van der Waals surface area (Å²) in [5, 5.41) is 6.87. The van der Waals surface area contributed by atoms with E-state index >= 15 is 0 Å². The number of aromatic nitrogens is 1. The molecule has 1 aliphatic carbocycles. The molecule has 0 bridgehead atoms. The predicted octanol–water partition coefficient (Wildman–Crippen LogP) is 2.73. The lowest BCUT2D eigenvalue weighted by atomic mass is 9.83. The molecule has 2 rings (SSSR count). The Labute approximate surface area is 139 Å². The van der Waals surface area contributed by atoms with Gasteiger partial charge in [0.25, 0.3) is 0 Å². The summed E-state index contributed by atoms with van der Waals surface area (Å²) in [7, 11) is 1.79. The van der Waals surface area contributed by atoms with Crippen molar-refractivity contribution in [3.8, 4) is 0 Å². The van der Waals surface area contributed by atoms with Gasteiger partial charge in [-0.3, -0.25) is 4.98 Å². The van der Waals surface area contributed by atoms with Crippen LogP contribution < -0.4 is 10.6 Å². The zero-order valence-electron chi connectivity index (χ0n) is 14.5. The summed E-state index contributed by atoms with van der Waals surface area (Å²) in [5.41, 5.74) is 1.34. The van der Waals surface area contributed by atoms with Crippen molar-refractivity contribution in [1.82, 2.24) is 15.6 Å². The molecule has 1 aromatic rings. The molecule has 0 aliphatic heterocycles. The maximum atomic E-state index is 5.31. The first-order valence-corrected chi connectivity index (χ1v) is 8.69. The molecule has 23 heavy (non-hydrogen) atoms. The van der Waals surface area contributed by atoms with Gasteiger partial charge in [0.15, 0.2) is 5.96 Å². The standard InChI is InChI=1S/C18H30N4O/c1-3-19-17(21-14-16-8-4-7-12-20-16)22-15-18(11-13-23-2)9-5-6-10-18/h4,7-8,12H,3,5-6,9-11,13-15H2,1-2H3,(H2,19,21,22). The zero-order chi connectivity index (χ0) is 16.4. The number of rotatable bonds is 8. The molecule has 2 N–H and O–H groups in total.